The lowest BCUT2D eigenvalue weighted by atomic mass is 10.0. The van der Waals surface area contributed by atoms with Gasteiger partial charge in [0.25, 0.3) is 0 Å². The van der Waals surface area contributed by atoms with Crippen LogP contribution in [0.15, 0.2) is 60.9 Å². The van der Waals surface area contributed by atoms with Crippen molar-refractivity contribution in [1.29, 1.82) is 0 Å². The molecule has 46 heavy (non-hydrogen) atoms. The zero-order chi connectivity index (χ0) is 32.4. The second kappa shape index (κ2) is 13.2. The summed E-state index contributed by atoms with van der Waals surface area (Å²) in [6.07, 6.45) is 5.60. The molecule has 6 N–H and O–H groups in total. The number of benzene rings is 2. The number of piperidine rings is 1. The molecule has 2 aromatic carbocycles. The molecule has 2 aliphatic rings. The molecule has 0 bridgehead atoms. The Labute approximate surface area is 267 Å². The third kappa shape index (κ3) is 6.52. The Balaban J connectivity index is 1.10. The van der Waals surface area contributed by atoms with Gasteiger partial charge in [0, 0.05) is 13.1 Å². The maximum Gasteiger partial charge on any atom is 0.405 e. The van der Waals surface area contributed by atoms with Gasteiger partial charge in [0.2, 0.25) is 11.8 Å². The van der Waals surface area contributed by atoms with Crippen LogP contribution < -0.4 is 11.1 Å². The van der Waals surface area contributed by atoms with E-state index in [9.17, 15) is 19.5 Å². The maximum atomic E-state index is 13.3. The molecule has 2 saturated heterocycles. The number of amides is 3. The first-order chi connectivity index (χ1) is 22.2. The first-order valence-electron chi connectivity index (χ1n) is 15.8. The number of rotatable bonds is 9. The van der Waals surface area contributed by atoms with E-state index in [1.54, 1.807) is 22.2 Å². The Morgan fingerprint density at radius 2 is 1.50 bits per heavy atom. The van der Waals surface area contributed by atoms with Gasteiger partial charge in [0.15, 0.2) is 0 Å². The number of imidazole rings is 2. The van der Waals surface area contributed by atoms with Crippen LogP contribution in [0.5, 0.6) is 0 Å². The monoisotopic (exact) mass is 624 g/mol. The Morgan fingerprint density at radius 3 is 2.13 bits per heavy atom. The van der Waals surface area contributed by atoms with Crippen LogP contribution in [0.25, 0.3) is 33.6 Å². The van der Waals surface area contributed by atoms with E-state index in [1.165, 1.54) is 0 Å². The van der Waals surface area contributed by atoms with Gasteiger partial charge in [-0.1, -0.05) is 62.4 Å². The molecule has 12 nitrogen and oxygen atoms in total. The van der Waals surface area contributed by atoms with Gasteiger partial charge >= 0.3 is 6.09 Å². The number of likely N-dealkylation sites (tertiary alicyclic amines) is 2. The van der Waals surface area contributed by atoms with Crippen LogP contribution in [-0.2, 0) is 16.1 Å². The second-order valence-corrected chi connectivity index (χ2v) is 12.4. The van der Waals surface area contributed by atoms with Crippen LogP contribution in [-0.4, -0.2) is 77.9 Å². The highest BCUT2D eigenvalue weighted by molar-refractivity contribution is 5.86. The molecule has 240 valence electrons. The van der Waals surface area contributed by atoms with Crippen LogP contribution in [0.4, 0.5) is 4.79 Å². The van der Waals surface area contributed by atoms with Crippen LogP contribution in [0.1, 0.15) is 57.2 Å². The fourth-order valence-corrected chi connectivity index (χ4v) is 6.37. The van der Waals surface area contributed by atoms with Gasteiger partial charge in [-0.3, -0.25) is 9.59 Å². The highest BCUT2D eigenvalue weighted by Crippen LogP contribution is 2.33. The van der Waals surface area contributed by atoms with Crippen molar-refractivity contribution in [3.05, 3.63) is 72.6 Å². The minimum Gasteiger partial charge on any atom is -0.465 e. The molecule has 3 unspecified atom stereocenters. The minimum absolute atomic E-state index is 0.0213. The lowest BCUT2D eigenvalue weighted by molar-refractivity contribution is -0.136. The van der Waals surface area contributed by atoms with E-state index in [0.717, 1.165) is 65.1 Å². The number of nitrogens with two attached hydrogens (primary N) is 1. The van der Waals surface area contributed by atoms with Crippen molar-refractivity contribution in [2.24, 2.45) is 11.7 Å². The molecular formula is C34H40N8O4. The predicted molar refractivity (Wildman–Crippen MR) is 173 cm³/mol. The van der Waals surface area contributed by atoms with Crippen LogP contribution in [0.3, 0.4) is 0 Å². The normalized spacial score (nSPS) is 19.1. The minimum atomic E-state index is -1.21. The molecule has 2 aliphatic heterocycles. The summed E-state index contributed by atoms with van der Waals surface area (Å²) in [6, 6.07) is 15.0. The molecule has 3 amide bonds. The average molecular weight is 625 g/mol. The van der Waals surface area contributed by atoms with Crippen molar-refractivity contribution < 1.29 is 19.5 Å². The maximum absolute atomic E-state index is 13.3. The Hall–Kier alpha value is -4.97. The van der Waals surface area contributed by atoms with E-state index < -0.39 is 18.2 Å². The van der Waals surface area contributed by atoms with E-state index in [4.69, 9.17) is 5.73 Å². The number of aromatic nitrogens is 4. The Kier molecular flexibility index (Phi) is 8.89. The number of hydrogen-bond donors (Lipinski definition) is 5. The number of nitrogens with one attached hydrogen (secondary N) is 3. The first kappa shape index (κ1) is 31.0. The molecule has 0 saturated carbocycles. The van der Waals surface area contributed by atoms with Gasteiger partial charge in [-0.2, -0.15) is 0 Å². The second-order valence-electron chi connectivity index (χ2n) is 12.4. The van der Waals surface area contributed by atoms with Gasteiger partial charge < -0.3 is 35.9 Å². The summed E-state index contributed by atoms with van der Waals surface area (Å²) in [5.74, 6) is 1.02. The summed E-state index contributed by atoms with van der Waals surface area (Å²) >= 11 is 0. The number of nitrogens with zero attached hydrogens (tertiary/aromatic N) is 4. The molecule has 0 aliphatic carbocycles. The topological polar surface area (TPSA) is 173 Å². The lowest BCUT2D eigenvalue weighted by Gasteiger charge is -2.29. The molecule has 4 aromatic rings. The van der Waals surface area contributed by atoms with Crippen molar-refractivity contribution in [2.75, 3.05) is 13.1 Å². The number of carbonyl (C=O) groups excluding carboxylic acids is 2. The summed E-state index contributed by atoms with van der Waals surface area (Å²) in [4.78, 5) is 56.3. The number of carboxylic acid groups (broad SMARTS) is 1. The molecule has 12 heteroatoms. The van der Waals surface area contributed by atoms with E-state index in [1.807, 2.05) is 38.1 Å². The summed E-state index contributed by atoms with van der Waals surface area (Å²) in [7, 11) is 0. The zero-order valence-electron chi connectivity index (χ0n) is 26.1. The largest absolute Gasteiger partial charge is 0.465 e. The number of hydrogen-bond acceptors (Lipinski definition) is 6. The highest BCUT2D eigenvalue weighted by atomic mass is 16.4. The fourth-order valence-electron chi connectivity index (χ4n) is 6.37. The van der Waals surface area contributed by atoms with Crippen LogP contribution in [0, 0.1) is 5.92 Å². The molecule has 3 atom stereocenters. The fraction of sp³-hybridized carbons (Fsp3) is 0.382. The molecule has 2 fully saturated rings. The van der Waals surface area contributed by atoms with Gasteiger partial charge in [-0.05, 0) is 53.9 Å². The quantitative estimate of drug-likeness (QED) is 0.182. The Bertz CT molecular complexity index is 1690. The summed E-state index contributed by atoms with van der Waals surface area (Å²) < 4.78 is 0. The van der Waals surface area contributed by atoms with E-state index in [-0.39, 0.29) is 23.8 Å². The molecule has 0 radical (unpaired) electrons. The number of carbonyl (C=O) groups is 3. The summed E-state index contributed by atoms with van der Waals surface area (Å²) in [5.41, 5.74) is 11.8. The third-order valence-electron chi connectivity index (χ3n) is 8.92. The first-order valence-corrected chi connectivity index (χ1v) is 15.8. The molecule has 2 aromatic heterocycles. The van der Waals surface area contributed by atoms with E-state index in [2.05, 4.69) is 49.5 Å². The van der Waals surface area contributed by atoms with Crippen molar-refractivity contribution in [3.63, 3.8) is 0 Å². The Morgan fingerprint density at radius 1 is 0.913 bits per heavy atom. The zero-order valence-corrected chi connectivity index (χ0v) is 26.1. The van der Waals surface area contributed by atoms with Crippen molar-refractivity contribution in [3.8, 4) is 33.6 Å². The van der Waals surface area contributed by atoms with Crippen molar-refractivity contribution in [2.45, 2.75) is 64.2 Å². The molecule has 0 spiro atoms. The smallest absolute Gasteiger partial charge is 0.405 e. The van der Waals surface area contributed by atoms with Gasteiger partial charge in [0.1, 0.15) is 17.7 Å². The average Bonchev–Trinajstić information content (AvgIpc) is 3.83. The van der Waals surface area contributed by atoms with Gasteiger partial charge in [-0.25, -0.2) is 14.8 Å². The number of aromatic amines is 2. The lowest BCUT2D eigenvalue weighted by Crippen LogP contribution is -2.50. The SMILES string of the molecule is CC(C)C(NC(=O)O)C(=O)N1CCCC1c1ncc(-c2ccc(-c3ccc(-c4cnc(CN5CCCC(N)C5=O)[nH]4)cc3)cc2)[nH]1. The van der Waals surface area contributed by atoms with Crippen molar-refractivity contribution in [1.82, 2.24) is 35.1 Å². The predicted octanol–water partition coefficient (Wildman–Crippen LogP) is 4.54. The molecule has 4 heterocycles. The third-order valence-corrected chi connectivity index (χ3v) is 8.92. The standard InChI is InChI=1S/C34H40N8O4/c1-20(2)30(40-34(45)46)33(44)42-16-4-6-28(42)31-37-18-27(39-31)24-13-9-22(10-14-24)21-7-11-23(12-8-21)26-17-36-29(38-26)19-41-15-3-5-25(35)32(41)43/h7-14,17-18,20,25,28,30,40H,3-6,15-16,19,35H2,1-2H3,(H,36,38)(H,37,39)(H,45,46). The van der Waals surface area contributed by atoms with Gasteiger partial charge in [0.05, 0.1) is 42.4 Å². The van der Waals surface area contributed by atoms with Crippen LogP contribution >= 0.6 is 0 Å². The summed E-state index contributed by atoms with van der Waals surface area (Å²) in [5, 5.41) is 11.6. The van der Waals surface area contributed by atoms with E-state index >= 15 is 0 Å². The number of H-pyrrole nitrogens is 2. The van der Waals surface area contributed by atoms with Crippen LogP contribution in [0.2, 0.25) is 0 Å². The highest BCUT2D eigenvalue weighted by Gasteiger charge is 2.37. The summed E-state index contributed by atoms with van der Waals surface area (Å²) in [6.45, 7) is 5.36. The molecule has 6 rings (SSSR count). The van der Waals surface area contributed by atoms with E-state index in [0.29, 0.717) is 25.5 Å². The van der Waals surface area contributed by atoms with Crippen molar-refractivity contribution >= 4 is 17.9 Å². The van der Waals surface area contributed by atoms with Gasteiger partial charge in [-0.15, -0.1) is 0 Å². The molecular weight excluding hydrogens is 584 g/mol.